The summed E-state index contributed by atoms with van der Waals surface area (Å²) in [5.74, 6) is -0.101. The van der Waals surface area contributed by atoms with E-state index in [1.807, 2.05) is 4.90 Å². The summed E-state index contributed by atoms with van der Waals surface area (Å²) >= 11 is 0. The van der Waals surface area contributed by atoms with Gasteiger partial charge < -0.3 is 10.1 Å². The summed E-state index contributed by atoms with van der Waals surface area (Å²) in [4.78, 5) is 2.00. The summed E-state index contributed by atoms with van der Waals surface area (Å²) < 4.78 is 44.2. The molecule has 1 N–H and O–H groups in total. The molecule has 0 amide bonds. The molecule has 0 spiro atoms. The average molecular weight is 325 g/mol. The fourth-order valence-electron chi connectivity index (χ4n) is 2.60. The number of nitrogens with zero attached hydrogens (tertiary/aromatic N) is 1. The summed E-state index contributed by atoms with van der Waals surface area (Å²) in [5.41, 5.74) is 0.621. The number of rotatable bonds is 5. The molecular formula is C14H20ClF3N2O. The van der Waals surface area contributed by atoms with Crippen LogP contribution in [0.2, 0.25) is 0 Å². The number of halogens is 4. The van der Waals surface area contributed by atoms with Gasteiger partial charge in [-0.1, -0.05) is 6.07 Å². The van der Waals surface area contributed by atoms with Crippen LogP contribution >= 0.6 is 12.4 Å². The molecule has 0 bridgehead atoms. The quantitative estimate of drug-likeness (QED) is 0.901. The Labute approximate surface area is 128 Å². The Morgan fingerprint density at radius 1 is 1.29 bits per heavy atom. The predicted octanol–water partition coefficient (Wildman–Crippen LogP) is 2.86. The standard InChI is InChI=1S/C14H19F3N2O.ClH/c1-20-13-8-10(15)2-3-11(13)12(9-14(16)17)19-6-4-18-5-7-19;/h2-3,8,12,14,18H,4-7,9H2,1H3;1H/t12-;/m1./s1. The summed E-state index contributed by atoms with van der Waals surface area (Å²) in [7, 11) is 1.43. The topological polar surface area (TPSA) is 24.5 Å². The molecule has 1 heterocycles. The van der Waals surface area contributed by atoms with Crippen LogP contribution < -0.4 is 10.1 Å². The number of hydrogen-bond acceptors (Lipinski definition) is 3. The highest BCUT2D eigenvalue weighted by atomic mass is 35.5. The van der Waals surface area contributed by atoms with E-state index in [1.54, 1.807) is 6.07 Å². The maximum absolute atomic E-state index is 13.3. The van der Waals surface area contributed by atoms with Crippen LogP contribution in [0.25, 0.3) is 0 Å². The number of benzene rings is 1. The first-order valence-electron chi connectivity index (χ1n) is 6.68. The first-order chi connectivity index (χ1) is 9.61. The first kappa shape index (κ1) is 18.1. The van der Waals surface area contributed by atoms with Gasteiger partial charge in [0.15, 0.2) is 0 Å². The highest BCUT2D eigenvalue weighted by Gasteiger charge is 2.27. The molecule has 0 unspecified atom stereocenters. The molecule has 0 radical (unpaired) electrons. The zero-order chi connectivity index (χ0) is 14.5. The number of nitrogens with one attached hydrogen (secondary N) is 1. The number of methoxy groups -OCH3 is 1. The van der Waals surface area contributed by atoms with Gasteiger partial charge in [-0.3, -0.25) is 4.90 Å². The van der Waals surface area contributed by atoms with E-state index in [9.17, 15) is 13.2 Å². The van der Waals surface area contributed by atoms with Crippen LogP contribution in [0.15, 0.2) is 18.2 Å². The molecule has 3 nitrogen and oxygen atoms in total. The third-order valence-electron chi connectivity index (χ3n) is 3.55. The second kappa shape index (κ2) is 8.46. The van der Waals surface area contributed by atoms with Crippen molar-refractivity contribution in [2.45, 2.75) is 18.9 Å². The minimum atomic E-state index is -2.41. The van der Waals surface area contributed by atoms with E-state index >= 15 is 0 Å². The first-order valence-corrected chi connectivity index (χ1v) is 6.68. The van der Waals surface area contributed by atoms with Crippen LogP contribution in [0, 0.1) is 5.82 Å². The fourth-order valence-corrected chi connectivity index (χ4v) is 2.60. The van der Waals surface area contributed by atoms with Crippen LogP contribution in [0.1, 0.15) is 18.0 Å². The molecule has 21 heavy (non-hydrogen) atoms. The van der Waals surface area contributed by atoms with Crippen molar-refractivity contribution in [1.82, 2.24) is 10.2 Å². The molecule has 1 saturated heterocycles. The maximum atomic E-state index is 13.3. The van der Waals surface area contributed by atoms with E-state index in [0.717, 1.165) is 13.1 Å². The SMILES string of the molecule is COc1cc(F)ccc1[C@@H](CC(F)F)N1CCNCC1.Cl. The highest BCUT2D eigenvalue weighted by Crippen LogP contribution is 2.34. The lowest BCUT2D eigenvalue weighted by Gasteiger charge is -2.35. The van der Waals surface area contributed by atoms with Gasteiger partial charge in [0.25, 0.3) is 0 Å². The molecule has 120 valence electrons. The van der Waals surface area contributed by atoms with E-state index in [0.29, 0.717) is 24.4 Å². The molecule has 2 rings (SSSR count). The lowest BCUT2D eigenvalue weighted by atomic mass is 10.00. The van der Waals surface area contributed by atoms with Gasteiger partial charge in [0.2, 0.25) is 6.43 Å². The molecular weight excluding hydrogens is 305 g/mol. The van der Waals surface area contributed by atoms with E-state index in [2.05, 4.69) is 5.32 Å². The van der Waals surface area contributed by atoms with Crippen LogP contribution in [0.3, 0.4) is 0 Å². The minimum absolute atomic E-state index is 0. The molecule has 1 atom stereocenters. The molecule has 7 heteroatoms. The molecule has 1 aromatic carbocycles. The maximum Gasteiger partial charge on any atom is 0.240 e. The average Bonchev–Trinajstić information content (AvgIpc) is 2.45. The van der Waals surface area contributed by atoms with E-state index in [-0.39, 0.29) is 18.8 Å². The van der Waals surface area contributed by atoms with Crippen LogP contribution in [-0.2, 0) is 0 Å². The van der Waals surface area contributed by atoms with Gasteiger partial charge in [-0.05, 0) is 6.07 Å². The van der Waals surface area contributed by atoms with Crippen molar-refractivity contribution in [3.05, 3.63) is 29.6 Å². The molecule has 0 aliphatic carbocycles. The van der Waals surface area contributed by atoms with E-state index < -0.39 is 18.3 Å². The highest BCUT2D eigenvalue weighted by molar-refractivity contribution is 5.85. The van der Waals surface area contributed by atoms with Crippen LogP contribution in [-0.4, -0.2) is 44.6 Å². The van der Waals surface area contributed by atoms with Crippen LogP contribution in [0.5, 0.6) is 5.75 Å². The lowest BCUT2D eigenvalue weighted by molar-refractivity contribution is 0.0729. The second-order valence-corrected chi connectivity index (χ2v) is 4.81. The molecule has 1 aromatic rings. The summed E-state index contributed by atoms with van der Waals surface area (Å²) in [6.07, 6.45) is -2.69. The second-order valence-electron chi connectivity index (χ2n) is 4.81. The molecule has 1 aliphatic heterocycles. The Morgan fingerprint density at radius 3 is 2.52 bits per heavy atom. The normalized spacial score (nSPS) is 17.4. The molecule has 1 fully saturated rings. The molecule has 1 aliphatic rings. The van der Waals surface area contributed by atoms with Crippen molar-refractivity contribution < 1.29 is 17.9 Å². The molecule has 0 aromatic heterocycles. The summed E-state index contributed by atoms with van der Waals surface area (Å²) in [6, 6.07) is 3.63. The Balaban J connectivity index is 0.00000220. The van der Waals surface area contributed by atoms with Crippen molar-refractivity contribution in [1.29, 1.82) is 0 Å². The van der Waals surface area contributed by atoms with Crippen molar-refractivity contribution in [3.63, 3.8) is 0 Å². The Kier molecular flexibility index (Phi) is 7.28. The zero-order valence-electron chi connectivity index (χ0n) is 11.8. The van der Waals surface area contributed by atoms with Gasteiger partial charge in [0, 0.05) is 50.3 Å². The predicted molar refractivity (Wildman–Crippen MR) is 78.0 cm³/mol. The summed E-state index contributed by atoms with van der Waals surface area (Å²) in [6.45, 7) is 2.92. The third kappa shape index (κ3) is 4.76. The number of piperazine rings is 1. The fraction of sp³-hybridized carbons (Fsp3) is 0.571. The van der Waals surface area contributed by atoms with Crippen LogP contribution in [0.4, 0.5) is 13.2 Å². The number of ether oxygens (including phenoxy) is 1. The van der Waals surface area contributed by atoms with Gasteiger partial charge in [0.1, 0.15) is 11.6 Å². The van der Waals surface area contributed by atoms with E-state index in [1.165, 1.54) is 19.2 Å². The van der Waals surface area contributed by atoms with Gasteiger partial charge >= 0.3 is 0 Å². The summed E-state index contributed by atoms with van der Waals surface area (Å²) in [5, 5.41) is 3.19. The molecule has 0 saturated carbocycles. The van der Waals surface area contributed by atoms with Gasteiger partial charge in [-0.25, -0.2) is 13.2 Å². The Morgan fingerprint density at radius 2 is 1.95 bits per heavy atom. The zero-order valence-corrected chi connectivity index (χ0v) is 12.6. The number of hydrogen-bond donors (Lipinski definition) is 1. The van der Waals surface area contributed by atoms with Gasteiger partial charge in [-0.15, -0.1) is 12.4 Å². The van der Waals surface area contributed by atoms with Crippen molar-refractivity contribution in [3.8, 4) is 5.75 Å². The smallest absolute Gasteiger partial charge is 0.240 e. The van der Waals surface area contributed by atoms with Crippen molar-refractivity contribution in [2.75, 3.05) is 33.3 Å². The van der Waals surface area contributed by atoms with Gasteiger partial charge in [-0.2, -0.15) is 0 Å². The van der Waals surface area contributed by atoms with Crippen molar-refractivity contribution in [2.24, 2.45) is 0 Å². The number of alkyl halides is 2. The van der Waals surface area contributed by atoms with Crippen molar-refractivity contribution >= 4 is 12.4 Å². The lowest BCUT2D eigenvalue weighted by Crippen LogP contribution is -2.45. The van der Waals surface area contributed by atoms with E-state index in [4.69, 9.17) is 4.74 Å². The third-order valence-corrected chi connectivity index (χ3v) is 3.55. The largest absolute Gasteiger partial charge is 0.496 e. The Hall–Kier alpha value is -0.980. The monoisotopic (exact) mass is 324 g/mol. The van der Waals surface area contributed by atoms with Gasteiger partial charge in [0.05, 0.1) is 7.11 Å². The minimum Gasteiger partial charge on any atom is -0.496 e. The Bertz CT molecular complexity index is 442.